The lowest BCUT2D eigenvalue weighted by Gasteiger charge is -2.03. The second kappa shape index (κ2) is 6.62. The van der Waals surface area contributed by atoms with E-state index in [2.05, 4.69) is 26.2 Å². The number of para-hydroxylation sites is 1. The van der Waals surface area contributed by atoms with Crippen molar-refractivity contribution in [3.63, 3.8) is 0 Å². The van der Waals surface area contributed by atoms with E-state index in [-0.39, 0.29) is 6.61 Å². The van der Waals surface area contributed by atoms with Crippen LogP contribution in [0.25, 0.3) is 33.4 Å². The molecule has 7 nitrogen and oxygen atoms in total. The standard InChI is InChI=1S/C21H14N4O3/c26-11-13-4-3-5-14(8-13)27-12-20-24-25-21(28-20)18-9-16-15-6-1-2-7-17(15)23-19(16)10-22-18/h1-11,23H,12H2. The van der Waals surface area contributed by atoms with Gasteiger partial charge in [-0.3, -0.25) is 4.79 Å². The Hall–Kier alpha value is -4.00. The van der Waals surface area contributed by atoms with Gasteiger partial charge in [0, 0.05) is 21.9 Å². The summed E-state index contributed by atoms with van der Waals surface area (Å²) in [6.45, 7) is 0.102. The fourth-order valence-corrected chi connectivity index (χ4v) is 3.10. The number of ether oxygens (including phenoxy) is 1. The predicted molar refractivity (Wildman–Crippen MR) is 103 cm³/mol. The van der Waals surface area contributed by atoms with Gasteiger partial charge < -0.3 is 14.1 Å². The number of aromatic nitrogens is 4. The minimum Gasteiger partial charge on any atom is -0.484 e. The first-order valence-corrected chi connectivity index (χ1v) is 8.67. The number of carbonyl (C=O) groups excluding carboxylic acids is 1. The van der Waals surface area contributed by atoms with Gasteiger partial charge in [-0.15, -0.1) is 10.2 Å². The highest BCUT2D eigenvalue weighted by atomic mass is 16.5. The Morgan fingerprint density at radius 1 is 1.00 bits per heavy atom. The van der Waals surface area contributed by atoms with Gasteiger partial charge in [-0.1, -0.05) is 30.3 Å². The molecule has 3 aromatic heterocycles. The first-order chi connectivity index (χ1) is 13.8. The topological polar surface area (TPSA) is 93.9 Å². The van der Waals surface area contributed by atoms with Crippen LogP contribution < -0.4 is 4.74 Å². The van der Waals surface area contributed by atoms with E-state index < -0.39 is 0 Å². The molecular formula is C21H14N4O3. The lowest BCUT2D eigenvalue weighted by atomic mass is 10.1. The molecule has 0 amide bonds. The second-order valence-corrected chi connectivity index (χ2v) is 6.27. The monoisotopic (exact) mass is 370 g/mol. The van der Waals surface area contributed by atoms with Crippen LogP contribution in [0.2, 0.25) is 0 Å². The molecule has 136 valence electrons. The molecule has 0 aliphatic rings. The van der Waals surface area contributed by atoms with Gasteiger partial charge in [0.1, 0.15) is 17.7 Å². The van der Waals surface area contributed by atoms with E-state index in [1.807, 2.05) is 24.3 Å². The van der Waals surface area contributed by atoms with Crippen LogP contribution in [-0.2, 0) is 6.61 Å². The molecule has 0 saturated carbocycles. The average Bonchev–Trinajstić information content (AvgIpc) is 3.36. The van der Waals surface area contributed by atoms with Crippen LogP contribution in [-0.4, -0.2) is 26.5 Å². The molecule has 0 spiro atoms. The van der Waals surface area contributed by atoms with E-state index in [1.54, 1.807) is 30.5 Å². The summed E-state index contributed by atoms with van der Waals surface area (Å²) in [5.41, 5.74) is 3.13. The van der Waals surface area contributed by atoms with Gasteiger partial charge in [0.05, 0.1) is 11.7 Å². The fourth-order valence-electron chi connectivity index (χ4n) is 3.10. The molecule has 0 atom stereocenters. The number of fused-ring (bicyclic) bond motifs is 3. The van der Waals surface area contributed by atoms with Crippen LogP contribution in [0.1, 0.15) is 16.2 Å². The third-order valence-electron chi connectivity index (χ3n) is 4.43. The highest BCUT2D eigenvalue weighted by molar-refractivity contribution is 6.07. The van der Waals surface area contributed by atoms with Crippen molar-refractivity contribution < 1.29 is 13.9 Å². The number of benzene rings is 2. The Kier molecular flexibility index (Phi) is 3.83. The van der Waals surface area contributed by atoms with E-state index in [1.165, 1.54) is 0 Å². The molecule has 0 aliphatic heterocycles. The number of carbonyl (C=O) groups is 1. The number of pyridine rings is 1. The summed E-state index contributed by atoms with van der Waals surface area (Å²) in [6.07, 6.45) is 2.53. The van der Waals surface area contributed by atoms with Crippen LogP contribution in [0.5, 0.6) is 5.75 Å². The number of aromatic amines is 1. The van der Waals surface area contributed by atoms with Crippen molar-refractivity contribution in [2.24, 2.45) is 0 Å². The summed E-state index contributed by atoms with van der Waals surface area (Å²) >= 11 is 0. The third kappa shape index (κ3) is 2.88. The van der Waals surface area contributed by atoms with Crippen molar-refractivity contribution in [2.75, 3.05) is 0 Å². The first-order valence-electron chi connectivity index (χ1n) is 8.67. The third-order valence-corrected chi connectivity index (χ3v) is 4.43. The molecule has 0 fully saturated rings. The normalized spacial score (nSPS) is 11.1. The molecule has 5 aromatic rings. The lowest BCUT2D eigenvalue weighted by Crippen LogP contribution is -1.96. The van der Waals surface area contributed by atoms with Gasteiger partial charge in [-0.05, 0) is 24.3 Å². The van der Waals surface area contributed by atoms with Crippen molar-refractivity contribution in [2.45, 2.75) is 6.61 Å². The van der Waals surface area contributed by atoms with Gasteiger partial charge in [-0.25, -0.2) is 4.98 Å². The van der Waals surface area contributed by atoms with Gasteiger partial charge >= 0.3 is 0 Å². The van der Waals surface area contributed by atoms with E-state index in [4.69, 9.17) is 9.15 Å². The number of hydrogen-bond acceptors (Lipinski definition) is 6. The molecule has 2 aromatic carbocycles. The number of H-pyrrole nitrogens is 1. The van der Waals surface area contributed by atoms with E-state index in [0.717, 1.165) is 28.1 Å². The zero-order chi connectivity index (χ0) is 18.9. The van der Waals surface area contributed by atoms with Crippen LogP contribution in [0.4, 0.5) is 0 Å². The first kappa shape index (κ1) is 16.2. The summed E-state index contributed by atoms with van der Waals surface area (Å²) in [5.74, 6) is 1.21. The van der Waals surface area contributed by atoms with Gasteiger partial charge in [0.25, 0.3) is 11.8 Å². The zero-order valence-electron chi connectivity index (χ0n) is 14.6. The predicted octanol–water partition coefficient (Wildman–Crippen LogP) is 4.16. The quantitative estimate of drug-likeness (QED) is 0.467. The molecule has 1 N–H and O–H groups in total. The van der Waals surface area contributed by atoms with Crippen molar-refractivity contribution in [1.29, 1.82) is 0 Å². The summed E-state index contributed by atoms with van der Waals surface area (Å²) in [7, 11) is 0. The summed E-state index contributed by atoms with van der Waals surface area (Å²) in [5, 5.41) is 10.3. The maximum absolute atomic E-state index is 10.8. The molecular weight excluding hydrogens is 356 g/mol. The Morgan fingerprint density at radius 3 is 2.86 bits per heavy atom. The Bertz CT molecular complexity index is 1310. The Balaban J connectivity index is 1.40. The summed E-state index contributed by atoms with van der Waals surface area (Å²) in [4.78, 5) is 18.6. The van der Waals surface area contributed by atoms with Crippen LogP contribution >= 0.6 is 0 Å². The molecule has 3 heterocycles. The Labute approximate surface area is 159 Å². The lowest BCUT2D eigenvalue weighted by molar-refractivity contribution is 0.112. The SMILES string of the molecule is O=Cc1cccc(OCc2nnc(-c3cc4c(cn3)[nH]c3ccccc34)o2)c1. The molecule has 7 heteroatoms. The van der Waals surface area contributed by atoms with Crippen molar-refractivity contribution in [1.82, 2.24) is 20.2 Å². The largest absolute Gasteiger partial charge is 0.484 e. The minimum atomic E-state index is 0.102. The number of aldehydes is 1. The van der Waals surface area contributed by atoms with E-state index in [0.29, 0.717) is 28.8 Å². The van der Waals surface area contributed by atoms with Crippen molar-refractivity contribution in [3.05, 3.63) is 72.2 Å². The van der Waals surface area contributed by atoms with Crippen LogP contribution in [0.15, 0.2) is 65.2 Å². The molecule has 0 radical (unpaired) electrons. The van der Waals surface area contributed by atoms with Crippen LogP contribution in [0.3, 0.4) is 0 Å². The second-order valence-electron chi connectivity index (χ2n) is 6.27. The van der Waals surface area contributed by atoms with Crippen molar-refractivity contribution in [3.8, 4) is 17.3 Å². The molecule has 0 bridgehead atoms. The van der Waals surface area contributed by atoms with E-state index >= 15 is 0 Å². The number of rotatable bonds is 5. The highest BCUT2D eigenvalue weighted by Crippen LogP contribution is 2.28. The van der Waals surface area contributed by atoms with Crippen molar-refractivity contribution >= 4 is 28.1 Å². The smallest absolute Gasteiger partial charge is 0.266 e. The average molecular weight is 370 g/mol. The molecule has 0 aliphatic carbocycles. The maximum atomic E-state index is 10.8. The number of nitrogens with zero attached hydrogens (tertiary/aromatic N) is 3. The van der Waals surface area contributed by atoms with Crippen LogP contribution in [0, 0.1) is 0 Å². The molecule has 0 unspecified atom stereocenters. The number of hydrogen-bond donors (Lipinski definition) is 1. The summed E-state index contributed by atoms with van der Waals surface area (Å²) < 4.78 is 11.3. The Morgan fingerprint density at radius 2 is 1.93 bits per heavy atom. The maximum Gasteiger partial charge on any atom is 0.266 e. The highest BCUT2D eigenvalue weighted by Gasteiger charge is 2.13. The number of nitrogens with one attached hydrogen (secondary N) is 1. The van der Waals surface area contributed by atoms with Gasteiger partial charge in [0.2, 0.25) is 0 Å². The van der Waals surface area contributed by atoms with Gasteiger partial charge in [0.15, 0.2) is 6.61 Å². The zero-order valence-corrected chi connectivity index (χ0v) is 14.6. The van der Waals surface area contributed by atoms with E-state index in [9.17, 15) is 4.79 Å². The molecule has 28 heavy (non-hydrogen) atoms. The summed E-state index contributed by atoms with van der Waals surface area (Å²) in [6, 6.07) is 16.9. The molecule has 5 rings (SSSR count). The minimum absolute atomic E-state index is 0.102. The fraction of sp³-hybridized carbons (Fsp3) is 0.0476. The van der Waals surface area contributed by atoms with Gasteiger partial charge in [-0.2, -0.15) is 0 Å². The molecule has 0 saturated heterocycles.